The van der Waals surface area contributed by atoms with Crippen LogP contribution < -0.4 is 0 Å². The number of rotatable bonds is 5. The van der Waals surface area contributed by atoms with Gasteiger partial charge in [0.2, 0.25) is 0 Å². The molecule has 7 heteroatoms. The highest BCUT2D eigenvalue weighted by Crippen LogP contribution is 2.35. The number of aryl methyl sites for hydroxylation is 2. The minimum Gasteiger partial charge on any atom is -0.361 e. The zero-order valence-corrected chi connectivity index (χ0v) is 15.7. The Morgan fingerprint density at radius 1 is 1.19 bits per heavy atom. The topological polar surface area (TPSA) is 70.8 Å². The van der Waals surface area contributed by atoms with Crippen LogP contribution in [0.2, 0.25) is 0 Å². The number of aromatic nitrogens is 4. The number of hydrogen-bond donors (Lipinski definition) is 1. The van der Waals surface area contributed by atoms with E-state index in [1.807, 2.05) is 13.8 Å². The molecule has 1 aliphatic carbocycles. The van der Waals surface area contributed by atoms with Gasteiger partial charge >= 0.3 is 0 Å². The Kier molecular flexibility index (Phi) is 5.07. The van der Waals surface area contributed by atoms with Crippen molar-refractivity contribution in [1.82, 2.24) is 25.2 Å². The molecule has 0 radical (unpaired) electrons. The van der Waals surface area contributed by atoms with E-state index in [4.69, 9.17) is 9.51 Å². The van der Waals surface area contributed by atoms with Crippen molar-refractivity contribution in [3.05, 3.63) is 28.7 Å². The lowest BCUT2D eigenvalue weighted by Crippen LogP contribution is -2.21. The van der Waals surface area contributed by atoms with Gasteiger partial charge in [0.1, 0.15) is 11.6 Å². The Morgan fingerprint density at radius 3 is 2.69 bits per heavy atom. The van der Waals surface area contributed by atoms with Crippen LogP contribution in [0.5, 0.6) is 0 Å². The first-order chi connectivity index (χ1) is 12.7. The summed E-state index contributed by atoms with van der Waals surface area (Å²) >= 11 is 0. The summed E-state index contributed by atoms with van der Waals surface area (Å²) in [6.07, 6.45) is 6.18. The van der Waals surface area contributed by atoms with Crippen molar-refractivity contribution < 1.29 is 8.91 Å². The van der Waals surface area contributed by atoms with Gasteiger partial charge in [0.25, 0.3) is 0 Å². The number of alkyl halides is 1. The maximum atomic E-state index is 13.7. The quantitative estimate of drug-likeness (QED) is 0.880. The minimum absolute atomic E-state index is 0.0392. The zero-order valence-electron chi connectivity index (χ0n) is 15.7. The van der Waals surface area contributed by atoms with Gasteiger partial charge in [0.05, 0.1) is 12.4 Å². The molecule has 2 aromatic rings. The van der Waals surface area contributed by atoms with Crippen molar-refractivity contribution in [1.29, 1.82) is 0 Å². The predicted molar refractivity (Wildman–Crippen MR) is 95.7 cm³/mol. The van der Waals surface area contributed by atoms with Crippen LogP contribution in [-0.4, -0.2) is 45.0 Å². The van der Waals surface area contributed by atoms with E-state index in [0.717, 1.165) is 48.3 Å². The maximum Gasteiger partial charge on any atom is 0.153 e. The fourth-order valence-corrected chi connectivity index (χ4v) is 4.50. The van der Waals surface area contributed by atoms with Crippen LogP contribution in [0.3, 0.4) is 0 Å². The lowest BCUT2D eigenvalue weighted by atomic mass is 9.89. The van der Waals surface area contributed by atoms with E-state index in [1.54, 1.807) is 0 Å². The van der Waals surface area contributed by atoms with Gasteiger partial charge in [-0.25, -0.2) is 4.98 Å². The molecule has 142 valence electrons. The number of hydrogen-bond acceptors (Lipinski definition) is 5. The van der Waals surface area contributed by atoms with E-state index in [-0.39, 0.29) is 18.5 Å². The maximum absolute atomic E-state index is 13.7. The average molecular weight is 361 g/mol. The lowest BCUT2D eigenvalue weighted by Gasteiger charge is -2.18. The number of nitrogens with one attached hydrogen (secondary N) is 1. The van der Waals surface area contributed by atoms with Crippen LogP contribution in [0, 0.1) is 19.8 Å². The van der Waals surface area contributed by atoms with Crippen molar-refractivity contribution in [2.75, 3.05) is 19.8 Å². The summed E-state index contributed by atoms with van der Waals surface area (Å²) in [7, 11) is 0. The predicted octanol–water partition coefficient (Wildman–Crippen LogP) is 3.64. The van der Waals surface area contributed by atoms with Crippen LogP contribution in [0.15, 0.2) is 4.52 Å². The highest BCUT2D eigenvalue weighted by atomic mass is 19.1. The van der Waals surface area contributed by atoms with Crippen molar-refractivity contribution in [2.45, 2.75) is 64.3 Å². The number of H-pyrrole nitrogens is 1. The molecule has 1 N–H and O–H groups in total. The summed E-state index contributed by atoms with van der Waals surface area (Å²) in [6, 6.07) is 0. The van der Waals surface area contributed by atoms with Crippen molar-refractivity contribution in [3.8, 4) is 0 Å². The van der Waals surface area contributed by atoms with E-state index in [1.165, 1.54) is 32.1 Å². The highest BCUT2D eigenvalue weighted by molar-refractivity contribution is 5.21. The summed E-state index contributed by atoms with van der Waals surface area (Å²) in [4.78, 5) is 7.07. The molecule has 3 heterocycles. The van der Waals surface area contributed by atoms with E-state index >= 15 is 0 Å². The molecule has 6 nitrogen and oxygen atoms in total. The van der Waals surface area contributed by atoms with Gasteiger partial charge in [-0.3, -0.25) is 14.4 Å². The first kappa shape index (κ1) is 17.6. The molecule has 1 saturated carbocycles. The highest BCUT2D eigenvalue weighted by Gasteiger charge is 2.37. The summed E-state index contributed by atoms with van der Waals surface area (Å²) < 4.78 is 18.9. The minimum atomic E-state index is -0.331. The van der Waals surface area contributed by atoms with E-state index in [9.17, 15) is 4.39 Å². The number of nitrogens with zero attached hydrogens (tertiary/aromatic N) is 4. The third-order valence-corrected chi connectivity index (χ3v) is 6.12. The lowest BCUT2D eigenvalue weighted by molar-refractivity contribution is 0.293. The number of halogens is 1. The van der Waals surface area contributed by atoms with Crippen LogP contribution >= 0.6 is 0 Å². The molecule has 1 saturated heterocycles. The summed E-state index contributed by atoms with van der Waals surface area (Å²) in [5.74, 6) is 3.14. The van der Waals surface area contributed by atoms with Gasteiger partial charge in [-0.15, -0.1) is 0 Å². The molecule has 2 aromatic heterocycles. The molecular formula is C19H28FN5O. The summed E-state index contributed by atoms with van der Waals surface area (Å²) in [5.41, 5.74) is 2.03. The van der Waals surface area contributed by atoms with Crippen LogP contribution in [0.4, 0.5) is 4.39 Å². The largest absolute Gasteiger partial charge is 0.361 e. The van der Waals surface area contributed by atoms with Crippen LogP contribution in [0.25, 0.3) is 0 Å². The van der Waals surface area contributed by atoms with Crippen LogP contribution in [-0.2, 0) is 6.54 Å². The Labute approximate surface area is 153 Å². The Morgan fingerprint density at radius 2 is 2.00 bits per heavy atom. The van der Waals surface area contributed by atoms with Gasteiger partial charge in [0.15, 0.2) is 5.82 Å². The second-order valence-electron chi connectivity index (χ2n) is 7.93. The van der Waals surface area contributed by atoms with Gasteiger partial charge < -0.3 is 4.52 Å². The van der Waals surface area contributed by atoms with E-state index in [0.29, 0.717) is 5.92 Å². The zero-order chi connectivity index (χ0) is 18.1. The molecule has 0 spiro atoms. The molecule has 2 fully saturated rings. The molecule has 26 heavy (non-hydrogen) atoms. The van der Waals surface area contributed by atoms with Crippen molar-refractivity contribution >= 4 is 0 Å². The van der Waals surface area contributed by atoms with Gasteiger partial charge in [-0.2, -0.15) is 5.10 Å². The van der Waals surface area contributed by atoms with E-state index < -0.39 is 0 Å². The second kappa shape index (κ2) is 7.47. The first-order valence-electron chi connectivity index (χ1n) is 9.78. The van der Waals surface area contributed by atoms with Crippen molar-refractivity contribution in [2.24, 2.45) is 5.92 Å². The molecule has 4 rings (SSSR count). The second-order valence-corrected chi connectivity index (χ2v) is 7.93. The number of aromatic amines is 1. The van der Waals surface area contributed by atoms with E-state index in [2.05, 4.69) is 20.3 Å². The molecule has 0 aromatic carbocycles. The van der Waals surface area contributed by atoms with Gasteiger partial charge in [-0.05, 0) is 26.7 Å². The third kappa shape index (κ3) is 3.41. The van der Waals surface area contributed by atoms with Gasteiger partial charge in [-0.1, -0.05) is 24.4 Å². The third-order valence-electron chi connectivity index (χ3n) is 6.12. The monoisotopic (exact) mass is 361 g/mol. The van der Waals surface area contributed by atoms with Crippen molar-refractivity contribution in [3.63, 3.8) is 0 Å². The summed E-state index contributed by atoms with van der Waals surface area (Å²) in [6.45, 7) is 5.82. The smallest absolute Gasteiger partial charge is 0.153 e. The fraction of sp³-hybridized carbons (Fsp3) is 0.737. The normalized spacial score (nSPS) is 25.2. The Bertz CT molecular complexity index is 717. The molecule has 1 aliphatic heterocycles. The molecule has 2 aliphatic rings. The molecule has 0 bridgehead atoms. The SMILES string of the molecule is Cc1noc(C)c1CN1CC(CF)C(c2nc(C3CCCCC3)n[nH]2)C1. The average Bonchev–Trinajstić information content (AvgIpc) is 3.37. The molecule has 2 atom stereocenters. The standard InChI is InChI=1S/C19H28FN5O/c1-12-16(13(2)26-24-12)10-25-9-15(8-20)17(11-25)19-21-18(22-23-19)14-6-4-3-5-7-14/h14-15,17H,3-11H2,1-2H3,(H,21,22,23). The van der Waals surface area contributed by atoms with Gasteiger partial charge in [0, 0.05) is 43.0 Å². The summed E-state index contributed by atoms with van der Waals surface area (Å²) in [5, 5.41) is 11.6. The molecular weight excluding hydrogens is 333 g/mol. The fourth-order valence-electron chi connectivity index (χ4n) is 4.50. The first-order valence-corrected chi connectivity index (χ1v) is 9.78. The Hall–Kier alpha value is -1.76. The van der Waals surface area contributed by atoms with Crippen LogP contribution in [0.1, 0.15) is 72.6 Å². The number of likely N-dealkylation sites (tertiary alicyclic amines) is 1. The molecule has 0 amide bonds. The Balaban J connectivity index is 1.47. The molecule has 2 unspecified atom stereocenters.